The number of carbonyl (C=O) groups is 1. The van der Waals surface area contributed by atoms with E-state index in [1.807, 2.05) is 40.8 Å². The Hall–Kier alpha value is -2.73. The molecule has 3 aromatic rings. The molecule has 1 aliphatic heterocycles. The van der Waals surface area contributed by atoms with E-state index in [1.54, 1.807) is 0 Å². The molecule has 2 heterocycles. The van der Waals surface area contributed by atoms with E-state index in [9.17, 15) is 4.79 Å². The molecule has 6 nitrogen and oxygen atoms in total. The highest BCUT2D eigenvalue weighted by Gasteiger charge is 2.22. The zero-order chi connectivity index (χ0) is 17.9. The Morgan fingerprint density at radius 3 is 2.54 bits per heavy atom. The van der Waals surface area contributed by atoms with Crippen LogP contribution in [0.15, 0.2) is 48.5 Å². The summed E-state index contributed by atoms with van der Waals surface area (Å²) in [4.78, 5) is 17.2. The quantitative estimate of drug-likeness (QED) is 0.726. The standard InChI is InChI=1S/C20H23N5O/c1-2-25-19-9-8-17(14-18(19)21-22-25)20(26)24-12-10-23(11-13-24)15-16-6-4-3-5-7-16/h3-9,14H,2,10-13,15H2,1H3. The molecule has 0 N–H and O–H groups in total. The smallest absolute Gasteiger partial charge is 0.254 e. The average Bonchev–Trinajstić information content (AvgIpc) is 3.11. The zero-order valence-corrected chi connectivity index (χ0v) is 15.0. The van der Waals surface area contributed by atoms with Crippen LogP contribution in [0.2, 0.25) is 0 Å². The largest absolute Gasteiger partial charge is 0.336 e. The van der Waals surface area contributed by atoms with Gasteiger partial charge in [0.1, 0.15) is 5.52 Å². The highest BCUT2D eigenvalue weighted by molar-refractivity contribution is 5.97. The molecule has 2 aromatic carbocycles. The maximum atomic E-state index is 12.8. The Balaban J connectivity index is 1.40. The van der Waals surface area contributed by atoms with Crippen molar-refractivity contribution in [3.63, 3.8) is 0 Å². The number of carbonyl (C=O) groups excluding carboxylic acids is 1. The highest BCUT2D eigenvalue weighted by atomic mass is 16.2. The number of hydrogen-bond acceptors (Lipinski definition) is 4. The molecule has 0 saturated carbocycles. The normalized spacial score (nSPS) is 15.5. The Bertz CT molecular complexity index is 897. The second-order valence-electron chi connectivity index (χ2n) is 6.66. The third-order valence-corrected chi connectivity index (χ3v) is 4.97. The van der Waals surface area contributed by atoms with E-state index >= 15 is 0 Å². The SMILES string of the molecule is CCn1nnc2cc(C(=O)N3CCN(Cc4ccccc4)CC3)ccc21. The number of aromatic nitrogens is 3. The lowest BCUT2D eigenvalue weighted by Crippen LogP contribution is -2.48. The fourth-order valence-electron chi connectivity index (χ4n) is 3.47. The summed E-state index contributed by atoms with van der Waals surface area (Å²) >= 11 is 0. The first-order chi connectivity index (χ1) is 12.7. The number of amides is 1. The van der Waals surface area contributed by atoms with Gasteiger partial charge in [-0.05, 0) is 30.7 Å². The minimum atomic E-state index is 0.0808. The molecule has 1 amide bonds. The summed E-state index contributed by atoms with van der Waals surface area (Å²) in [5.41, 5.74) is 3.76. The molecule has 6 heteroatoms. The maximum absolute atomic E-state index is 12.8. The molecule has 1 fully saturated rings. The van der Waals surface area contributed by atoms with Crippen LogP contribution in [0, 0.1) is 0 Å². The number of aryl methyl sites for hydroxylation is 1. The molecule has 0 radical (unpaired) electrons. The van der Waals surface area contributed by atoms with Crippen molar-refractivity contribution in [3.05, 3.63) is 59.7 Å². The van der Waals surface area contributed by atoms with E-state index in [0.29, 0.717) is 5.56 Å². The number of fused-ring (bicyclic) bond motifs is 1. The van der Waals surface area contributed by atoms with E-state index in [4.69, 9.17) is 0 Å². The van der Waals surface area contributed by atoms with E-state index < -0.39 is 0 Å². The Labute approximate surface area is 153 Å². The lowest BCUT2D eigenvalue weighted by atomic mass is 10.1. The first-order valence-electron chi connectivity index (χ1n) is 9.13. The van der Waals surface area contributed by atoms with Crippen molar-refractivity contribution >= 4 is 16.9 Å². The monoisotopic (exact) mass is 349 g/mol. The molecule has 0 unspecified atom stereocenters. The van der Waals surface area contributed by atoms with Gasteiger partial charge in [0.15, 0.2) is 0 Å². The van der Waals surface area contributed by atoms with Crippen molar-refractivity contribution < 1.29 is 4.79 Å². The number of rotatable bonds is 4. The second kappa shape index (κ2) is 7.25. The molecule has 4 rings (SSSR count). The molecule has 0 bridgehead atoms. The van der Waals surface area contributed by atoms with Gasteiger partial charge in [0.05, 0.1) is 5.52 Å². The van der Waals surface area contributed by atoms with Crippen molar-refractivity contribution in [2.45, 2.75) is 20.0 Å². The topological polar surface area (TPSA) is 54.3 Å². The molecule has 0 spiro atoms. The zero-order valence-electron chi connectivity index (χ0n) is 15.0. The van der Waals surface area contributed by atoms with Crippen LogP contribution in [0.1, 0.15) is 22.8 Å². The third kappa shape index (κ3) is 3.32. The number of benzene rings is 2. The van der Waals surface area contributed by atoms with Gasteiger partial charge in [-0.15, -0.1) is 5.10 Å². The third-order valence-electron chi connectivity index (χ3n) is 4.97. The van der Waals surface area contributed by atoms with Crippen LogP contribution in [0.5, 0.6) is 0 Å². The van der Waals surface area contributed by atoms with Crippen molar-refractivity contribution in [1.29, 1.82) is 0 Å². The van der Waals surface area contributed by atoms with Gasteiger partial charge in [0.2, 0.25) is 0 Å². The van der Waals surface area contributed by atoms with Gasteiger partial charge in [-0.2, -0.15) is 0 Å². The van der Waals surface area contributed by atoms with Gasteiger partial charge in [-0.1, -0.05) is 35.5 Å². The van der Waals surface area contributed by atoms with Gasteiger partial charge in [-0.25, -0.2) is 4.68 Å². The van der Waals surface area contributed by atoms with Crippen LogP contribution >= 0.6 is 0 Å². The van der Waals surface area contributed by atoms with Crippen molar-refractivity contribution in [1.82, 2.24) is 24.8 Å². The van der Waals surface area contributed by atoms with Crippen molar-refractivity contribution in [2.24, 2.45) is 0 Å². The first-order valence-corrected chi connectivity index (χ1v) is 9.13. The van der Waals surface area contributed by atoms with Gasteiger partial charge in [0.25, 0.3) is 5.91 Å². The lowest BCUT2D eigenvalue weighted by Gasteiger charge is -2.34. The van der Waals surface area contributed by atoms with E-state index in [1.165, 1.54) is 5.56 Å². The second-order valence-corrected chi connectivity index (χ2v) is 6.66. The van der Waals surface area contributed by atoms with Gasteiger partial charge in [0, 0.05) is 44.8 Å². The summed E-state index contributed by atoms with van der Waals surface area (Å²) in [6.45, 7) is 7.05. The fraction of sp³-hybridized carbons (Fsp3) is 0.350. The summed E-state index contributed by atoms with van der Waals surface area (Å²) in [6.07, 6.45) is 0. The summed E-state index contributed by atoms with van der Waals surface area (Å²) < 4.78 is 1.84. The molecular weight excluding hydrogens is 326 g/mol. The highest BCUT2D eigenvalue weighted by Crippen LogP contribution is 2.16. The summed E-state index contributed by atoms with van der Waals surface area (Å²) in [7, 11) is 0. The van der Waals surface area contributed by atoms with E-state index in [0.717, 1.165) is 50.3 Å². The van der Waals surface area contributed by atoms with Crippen LogP contribution in [-0.4, -0.2) is 56.9 Å². The summed E-state index contributed by atoms with van der Waals surface area (Å²) in [6, 6.07) is 16.2. The lowest BCUT2D eigenvalue weighted by molar-refractivity contribution is 0.0628. The molecule has 1 saturated heterocycles. The van der Waals surface area contributed by atoms with Gasteiger partial charge >= 0.3 is 0 Å². The van der Waals surface area contributed by atoms with Crippen LogP contribution < -0.4 is 0 Å². The number of hydrogen-bond donors (Lipinski definition) is 0. The molecule has 1 aromatic heterocycles. The van der Waals surface area contributed by atoms with E-state index in [-0.39, 0.29) is 5.91 Å². The predicted molar refractivity (Wildman–Crippen MR) is 101 cm³/mol. The van der Waals surface area contributed by atoms with Crippen LogP contribution in [0.4, 0.5) is 0 Å². The Morgan fingerprint density at radius 1 is 1.04 bits per heavy atom. The van der Waals surface area contributed by atoms with Crippen LogP contribution in [0.25, 0.3) is 11.0 Å². The molecule has 1 aliphatic rings. The van der Waals surface area contributed by atoms with Crippen LogP contribution in [0.3, 0.4) is 0 Å². The summed E-state index contributed by atoms with van der Waals surface area (Å²) in [5, 5.41) is 8.28. The first kappa shape index (κ1) is 16.7. The Kier molecular flexibility index (Phi) is 4.67. The molecular formula is C20H23N5O. The Morgan fingerprint density at radius 2 is 1.81 bits per heavy atom. The average molecular weight is 349 g/mol. The molecule has 26 heavy (non-hydrogen) atoms. The minimum Gasteiger partial charge on any atom is -0.336 e. The molecule has 0 aliphatic carbocycles. The summed E-state index contributed by atoms with van der Waals surface area (Å²) in [5.74, 6) is 0.0808. The molecule has 0 atom stereocenters. The van der Waals surface area contributed by atoms with Gasteiger partial charge in [-0.3, -0.25) is 9.69 Å². The number of piperazine rings is 1. The van der Waals surface area contributed by atoms with Crippen molar-refractivity contribution in [3.8, 4) is 0 Å². The maximum Gasteiger partial charge on any atom is 0.254 e. The van der Waals surface area contributed by atoms with Crippen LogP contribution in [-0.2, 0) is 13.1 Å². The minimum absolute atomic E-state index is 0.0808. The molecule has 134 valence electrons. The number of nitrogens with zero attached hydrogens (tertiary/aromatic N) is 5. The fourth-order valence-corrected chi connectivity index (χ4v) is 3.47. The van der Waals surface area contributed by atoms with Crippen molar-refractivity contribution in [2.75, 3.05) is 26.2 Å². The predicted octanol–water partition coefficient (Wildman–Crippen LogP) is 2.41. The van der Waals surface area contributed by atoms with Gasteiger partial charge < -0.3 is 4.90 Å². The van der Waals surface area contributed by atoms with E-state index in [2.05, 4.69) is 39.5 Å².